The zero-order valence-corrected chi connectivity index (χ0v) is 13.5. The van der Waals surface area contributed by atoms with Crippen molar-refractivity contribution in [3.63, 3.8) is 0 Å². The van der Waals surface area contributed by atoms with Crippen LogP contribution in [0.2, 0.25) is 0 Å². The molecule has 4 heteroatoms. The molecule has 2 bridgehead atoms. The van der Waals surface area contributed by atoms with Gasteiger partial charge in [-0.05, 0) is 56.6 Å². The van der Waals surface area contributed by atoms with Crippen LogP contribution in [0.15, 0.2) is 17.5 Å². The highest BCUT2D eigenvalue weighted by Gasteiger charge is 2.52. The number of amides is 1. The topological polar surface area (TPSA) is 20.3 Å². The number of carbonyl (C=O) groups is 1. The first-order valence-electron chi connectivity index (χ1n) is 8.47. The van der Waals surface area contributed by atoms with Gasteiger partial charge in [0.25, 0.3) is 0 Å². The van der Waals surface area contributed by atoms with Crippen molar-refractivity contribution in [2.45, 2.75) is 38.1 Å². The van der Waals surface area contributed by atoms with E-state index in [1.54, 1.807) is 11.3 Å². The van der Waals surface area contributed by atoms with Crippen molar-refractivity contribution in [3.05, 3.63) is 22.4 Å². The molecule has 1 amide bonds. The summed E-state index contributed by atoms with van der Waals surface area (Å²) in [6, 6.07) is 4.61. The minimum absolute atomic E-state index is 0.420. The van der Waals surface area contributed by atoms with Gasteiger partial charge in [-0.1, -0.05) is 6.07 Å². The van der Waals surface area contributed by atoms with Crippen molar-refractivity contribution in [2.75, 3.05) is 32.7 Å². The number of hydrogen-bond donors (Lipinski definition) is 0. The van der Waals surface area contributed by atoms with Gasteiger partial charge < -0.3 is 0 Å². The molecule has 0 unspecified atom stereocenters. The fraction of sp³-hybridized carbons (Fsp3) is 0.706. The maximum Gasteiger partial charge on any atom is 0.356 e. The lowest BCUT2D eigenvalue weighted by Crippen LogP contribution is -2.70. The van der Waals surface area contributed by atoms with Crippen LogP contribution in [0.25, 0.3) is 0 Å². The van der Waals surface area contributed by atoms with Gasteiger partial charge in [0.1, 0.15) is 10.9 Å². The summed E-state index contributed by atoms with van der Waals surface area (Å²) in [6.07, 6.45) is 6.37. The van der Waals surface area contributed by atoms with Crippen LogP contribution in [0.3, 0.4) is 0 Å². The Kier molecular flexibility index (Phi) is 3.64. The Labute approximate surface area is 131 Å². The molecule has 21 heavy (non-hydrogen) atoms. The second-order valence-electron chi connectivity index (χ2n) is 7.03. The molecule has 0 N–H and O–H groups in total. The number of rotatable bonds is 2. The normalized spacial score (nSPS) is 34.8. The highest BCUT2D eigenvalue weighted by molar-refractivity contribution is 7.11. The maximum absolute atomic E-state index is 13.3. The number of fused-ring (bicyclic) bond motifs is 3. The van der Waals surface area contributed by atoms with E-state index in [9.17, 15) is 4.79 Å². The molecule has 5 heterocycles. The smallest absolute Gasteiger partial charge is 0.297 e. The van der Waals surface area contributed by atoms with Gasteiger partial charge in [-0.15, -0.1) is 11.3 Å². The third-order valence-electron chi connectivity index (χ3n) is 6.01. The molecular formula is C17H25N2OS+. The molecule has 0 aliphatic carbocycles. The van der Waals surface area contributed by atoms with E-state index in [-0.39, 0.29) is 0 Å². The van der Waals surface area contributed by atoms with Crippen LogP contribution in [0.4, 0.5) is 0 Å². The number of hydrogen-bond acceptors (Lipinski definition) is 3. The Morgan fingerprint density at radius 3 is 2.52 bits per heavy atom. The van der Waals surface area contributed by atoms with Crippen LogP contribution in [0, 0.1) is 5.92 Å². The lowest BCUT2D eigenvalue weighted by molar-refractivity contribution is -0.885. The van der Waals surface area contributed by atoms with Crippen LogP contribution in [-0.2, 0) is 0 Å². The maximum atomic E-state index is 13.3. The van der Waals surface area contributed by atoms with Gasteiger partial charge in [0.15, 0.2) is 0 Å². The highest BCUT2D eigenvalue weighted by Crippen LogP contribution is 2.38. The number of quaternary nitrogens is 1. The zero-order valence-electron chi connectivity index (χ0n) is 12.7. The van der Waals surface area contributed by atoms with Crippen molar-refractivity contribution < 1.29 is 9.28 Å². The molecule has 4 aliphatic rings. The summed E-state index contributed by atoms with van der Waals surface area (Å²) >= 11 is 1.63. The Hall–Kier alpha value is -0.710. The summed E-state index contributed by atoms with van der Waals surface area (Å²) in [4.78, 5) is 16.9. The van der Waals surface area contributed by atoms with Crippen molar-refractivity contribution in [1.29, 1.82) is 0 Å². The highest BCUT2D eigenvalue weighted by atomic mass is 32.1. The molecule has 0 radical (unpaired) electrons. The van der Waals surface area contributed by atoms with Crippen LogP contribution < -0.4 is 0 Å². The third-order valence-corrected chi connectivity index (χ3v) is 6.87. The van der Waals surface area contributed by atoms with Crippen molar-refractivity contribution >= 4 is 17.2 Å². The van der Waals surface area contributed by atoms with Gasteiger partial charge in [0, 0.05) is 5.92 Å². The molecule has 4 fully saturated rings. The zero-order chi connectivity index (χ0) is 14.3. The van der Waals surface area contributed by atoms with Crippen molar-refractivity contribution in [1.82, 2.24) is 4.90 Å². The monoisotopic (exact) mass is 305 g/mol. The summed E-state index contributed by atoms with van der Waals surface area (Å²) in [6.45, 7) is 5.82. The third kappa shape index (κ3) is 2.28. The Bertz CT molecular complexity index is 499. The van der Waals surface area contributed by atoms with Gasteiger partial charge >= 0.3 is 5.91 Å². The van der Waals surface area contributed by atoms with Gasteiger partial charge in [-0.25, -0.2) is 4.79 Å². The molecule has 3 nitrogen and oxygen atoms in total. The average molecular weight is 305 g/mol. The van der Waals surface area contributed by atoms with E-state index in [1.807, 2.05) is 17.5 Å². The summed E-state index contributed by atoms with van der Waals surface area (Å²) in [5.74, 6) is 1.19. The quantitative estimate of drug-likeness (QED) is 0.783. The molecule has 1 atom stereocenters. The van der Waals surface area contributed by atoms with Crippen LogP contribution in [-0.4, -0.2) is 54.1 Å². The number of thiophene rings is 1. The van der Waals surface area contributed by atoms with Crippen LogP contribution in [0.5, 0.6) is 0 Å². The summed E-state index contributed by atoms with van der Waals surface area (Å²) < 4.78 is 0.766. The second kappa shape index (κ2) is 5.49. The molecule has 0 saturated carbocycles. The Morgan fingerprint density at radius 2 is 1.95 bits per heavy atom. The largest absolute Gasteiger partial charge is 0.356 e. The second-order valence-corrected chi connectivity index (χ2v) is 7.98. The minimum Gasteiger partial charge on any atom is -0.297 e. The first-order chi connectivity index (χ1) is 10.3. The molecule has 0 spiro atoms. The fourth-order valence-corrected chi connectivity index (χ4v) is 5.62. The molecular weight excluding hydrogens is 280 g/mol. The molecule has 1 aromatic rings. The lowest BCUT2D eigenvalue weighted by atomic mass is 9.80. The first-order valence-corrected chi connectivity index (χ1v) is 9.35. The summed E-state index contributed by atoms with van der Waals surface area (Å²) in [7, 11) is 0. The van der Waals surface area contributed by atoms with E-state index in [0.29, 0.717) is 11.9 Å². The van der Waals surface area contributed by atoms with Crippen molar-refractivity contribution in [2.24, 2.45) is 5.92 Å². The number of nitrogens with zero attached hydrogens (tertiary/aromatic N) is 2. The fourth-order valence-electron chi connectivity index (χ4n) is 4.88. The standard InChI is InChI=1S/C17H25N2OS/c20-17(16-5-4-12-21-16)19(10-2-1-3-11-19)15-13-18-8-6-14(15)7-9-18/h4-5,12,14-15H,1-3,6-11,13H2/q+1/t15-/m0/s1. The van der Waals surface area contributed by atoms with Gasteiger partial charge in [-0.3, -0.25) is 9.38 Å². The number of likely N-dealkylation sites (tertiary alicyclic amines) is 1. The molecule has 114 valence electrons. The van der Waals surface area contributed by atoms with E-state index < -0.39 is 0 Å². The van der Waals surface area contributed by atoms with Crippen molar-refractivity contribution in [3.8, 4) is 0 Å². The van der Waals surface area contributed by atoms with E-state index in [2.05, 4.69) is 4.90 Å². The number of carbonyl (C=O) groups excluding carboxylic acids is 1. The summed E-state index contributed by atoms with van der Waals surface area (Å²) in [5.41, 5.74) is 0. The predicted molar refractivity (Wildman–Crippen MR) is 85.4 cm³/mol. The first kappa shape index (κ1) is 13.9. The van der Waals surface area contributed by atoms with Crippen LogP contribution >= 0.6 is 11.3 Å². The van der Waals surface area contributed by atoms with E-state index in [1.165, 1.54) is 45.2 Å². The minimum atomic E-state index is 0.420. The average Bonchev–Trinajstić information content (AvgIpc) is 3.10. The van der Waals surface area contributed by atoms with Gasteiger partial charge in [-0.2, -0.15) is 0 Å². The van der Waals surface area contributed by atoms with Gasteiger partial charge in [0.05, 0.1) is 19.6 Å². The SMILES string of the molecule is O=C(c1cccs1)[N+]1([C@H]2CN3CCC2CC3)CCCCC1. The Balaban J connectivity index is 1.69. The summed E-state index contributed by atoms with van der Waals surface area (Å²) in [5, 5.41) is 2.05. The molecule has 4 aliphatic heterocycles. The lowest BCUT2D eigenvalue weighted by Gasteiger charge is -2.53. The Morgan fingerprint density at radius 1 is 1.19 bits per heavy atom. The van der Waals surface area contributed by atoms with E-state index in [4.69, 9.17) is 0 Å². The molecule has 5 rings (SSSR count). The number of piperidine rings is 4. The van der Waals surface area contributed by atoms with Gasteiger partial charge in [0.2, 0.25) is 0 Å². The molecule has 0 aromatic carbocycles. The molecule has 4 saturated heterocycles. The van der Waals surface area contributed by atoms with E-state index in [0.717, 1.165) is 34.9 Å². The molecule has 1 aromatic heterocycles. The van der Waals surface area contributed by atoms with Crippen LogP contribution in [0.1, 0.15) is 41.8 Å². The van der Waals surface area contributed by atoms with E-state index >= 15 is 0 Å². The predicted octanol–water partition coefficient (Wildman–Crippen LogP) is 2.98.